The predicted molar refractivity (Wildman–Crippen MR) is 140 cm³/mol. The van der Waals surface area contributed by atoms with Crippen LogP contribution >= 0.6 is 0 Å². The van der Waals surface area contributed by atoms with Crippen molar-refractivity contribution < 1.29 is 0 Å². The first-order valence-electron chi connectivity index (χ1n) is 11.9. The average Bonchev–Trinajstić information content (AvgIpc) is 3.52. The van der Waals surface area contributed by atoms with Crippen LogP contribution in [0.4, 0.5) is 0 Å². The maximum atomic E-state index is 2.45. The van der Waals surface area contributed by atoms with Crippen molar-refractivity contribution in [2.75, 3.05) is 0 Å². The fourth-order valence-electron chi connectivity index (χ4n) is 5.77. The lowest BCUT2D eigenvalue weighted by Crippen LogP contribution is -2.24. The number of fused-ring (bicyclic) bond motifs is 3. The molecule has 0 amide bonds. The fraction of sp³-hybridized carbons (Fsp3) is 0.152. The van der Waals surface area contributed by atoms with Crippen LogP contribution in [0.25, 0.3) is 33.4 Å². The lowest BCUT2D eigenvalue weighted by atomic mass is 9.68. The van der Waals surface area contributed by atoms with Gasteiger partial charge in [0.1, 0.15) is 0 Å². The Hall–Kier alpha value is -3.64. The molecule has 0 radical (unpaired) electrons. The Morgan fingerprint density at radius 3 is 1.58 bits per heavy atom. The van der Waals surface area contributed by atoms with Crippen LogP contribution in [0.2, 0.25) is 0 Å². The number of allylic oxidation sites excluding steroid dienone is 4. The summed E-state index contributed by atoms with van der Waals surface area (Å²) in [5.41, 5.74) is 12.4. The van der Waals surface area contributed by atoms with Gasteiger partial charge in [0, 0.05) is 5.92 Å². The molecule has 6 rings (SSSR count). The topological polar surface area (TPSA) is 0 Å². The molecule has 2 aliphatic carbocycles. The van der Waals surface area contributed by atoms with Crippen molar-refractivity contribution in [3.05, 3.63) is 132 Å². The van der Waals surface area contributed by atoms with E-state index in [2.05, 4.69) is 129 Å². The minimum atomic E-state index is 0.0219. The van der Waals surface area contributed by atoms with Gasteiger partial charge in [-0.1, -0.05) is 123 Å². The van der Waals surface area contributed by atoms with E-state index < -0.39 is 0 Å². The third-order valence-corrected chi connectivity index (χ3v) is 7.55. The molecule has 0 fully saturated rings. The Bertz CT molecular complexity index is 1300. The predicted octanol–water partition coefficient (Wildman–Crippen LogP) is 9.05. The molecule has 0 unspecified atom stereocenters. The lowest BCUT2D eigenvalue weighted by molar-refractivity contribution is 0.388. The van der Waals surface area contributed by atoms with E-state index in [9.17, 15) is 0 Å². The van der Waals surface area contributed by atoms with E-state index >= 15 is 0 Å². The Balaban J connectivity index is 1.55. The van der Waals surface area contributed by atoms with Gasteiger partial charge in [-0.15, -0.1) is 0 Å². The van der Waals surface area contributed by atoms with Gasteiger partial charge in [-0.3, -0.25) is 0 Å². The van der Waals surface area contributed by atoms with Crippen LogP contribution in [0.5, 0.6) is 0 Å². The maximum absolute atomic E-state index is 2.45. The molecular formula is C33H28. The van der Waals surface area contributed by atoms with Gasteiger partial charge in [0.05, 0.1) is 0 Å². The third-order valence-electron chi connectivity index (χ3n) is 7.55. The molecule has 0 aromatic heterocycles. The summed E-state index contributed by atoms with van der Waals surface area (Å²) >= 11 is 0. The van der Waals surface area contributed by atoms with E-state index in [-0.39, 0.29) is 5.41 Å². The summed E-state index contributed by atoms with van der Waals surface area (Å²) < 4.78 is 0. The Labute approximate surface area is 196 Å². The number of hydrogen-bond donors (Lipinski definition) is 0. The van der Waals surface area contributed by atoms with Crippen LogP contribution < -0.4 is 0 Å². The van der Waals surface area contributed by atoms with E-state index in [1.165, 1.54) is 50.1 Å². The van der Waals surface area contributed by atoms with Crippen molar-refractivity contribution in [3.63, 3.8) is 0 Å². The van der Waals surface area contributed by atoms with E-state index in [1.807, 2.05) is 0 Å². The Kier molecular flexibility index (Phi) is 4.69. The SMILES string of the molecule is CC(C)(C1=CC=CC1)C1c2cc(-c3ccccc3)ccc2-c2ccc(-c3ccccc3)cc21. The summed E-state index contributed by atoms with van der Waals surface area (Å²) in [5.74, 6) is 0.320. The molecule has 0 aliphatic heterocycles. The minimum absolute atomic E-state index is 0.0219. The van der Waals surface area contributed by atoms with Gasteiger partial charge in [-0.05, 0) is 68.5 Å². The maximum Gasteiger partial charge on any atom is 0.0191 e. The van der Waals surface area contributed by atoms with Crippen LogP contribution in [0.1, 0.15) is 37.3 Å². The Morgan fingerprint density at radius 1 is 0.606 bits per heavy atom. The van der Waals surface area contributed by atoms with Crippen molar-refractivity contribution in [1.82, 2.24) is 0 Å². The first-order chi connectivity index (χ1) is 16.1. The molecule has 0 spiro atoms. The monoisotopic (exact) mass is 424 g/mol. The summed E-state index contributed by atoms with van der Waals surface area (Å²) in [7, 11) is 0. The molecule has 0 heterocycles. The van der Waals surface area contributed by atoms with Gasteiger partial charge in [-0.25, -0.2) is 0 Å². The Morgan fingerprint density at radius 2 is 1.12 bits per heavy atom. The van der Waals surface area contributed by atoms with E-state index in [0.29, 0.717) is 5.92 Å². The largest absolute Gasteiger partial charge is 0.0804 e. The molecule has 0 bridgehead atoms. The molecule has 33 heavy (non-hydrogen) atoms. The first-order valence-corrected chi connectivity index (χ1v) is 11.9. The van der Waals surface area contributed by atoms with Gasteiger partial charge in [0.25, 0.3) is 0 Å². The van der Waals surface area contributed by atoms with Crippen LogP contribution in [0.15, 0.2) is 121 Å². The molecule has 0 saturated heterocycles. The third kappa shape index (κ3) is 3.29. The second kappa shape index (κ2) is 7.74. The molecule has 4 aromatic rings. The number of hydrogen-bond acceptors (Lipinski definition) is 0. The molecule has 4 aromatic carbocycles. The first kappa shape index (κ1) is 20.0. The van der Waals surface area contributed by atoms with Crippen molar-refractivity contribution >= 4 is 0 Å². The molecule has 0 atom stereocenters. The van der Waals surface area contributed by atoms with E-state index in [1.54, 1.807) is 0 Å². The van der Waals surface area contributed by atoms with Crippen LogP contribution in [0, 0.1) is 5.41 Å². The molecule has 0 saturated carbocycles. The number of benzene rings is 4. The number of rotatable bonds is 4. The summed E-state index contributed by atoms with van der Waals surface area (Å²) in [5, 5.41) is 0. The summed E-state index contributed by atoms with van der Waals surface area (Å²) in [6.45, 7) is 4.86. The highest BCUT2D eigenvalue weighted by Gasteiger charge is 2.41. The quantitative estimate of drug-likeness (QED) is 0.306. The van der Waals surface area contributed by atoms with E-state index in [4.69, 9.17) is 0 Å². The van der Waals surface area contributed by atoms with Gasteiger partial charge in [0.15, 0.2) is 0 Å². The van der Waals surface area contributed by atoms with Crippen molar-refractivity contribution in [1.29, 1.82) is 0 Å². The highest BCUT2D eigenvalue weighted by atomic mass is 14.4. The van der Waals surface area contributed by atoms with Gasteiger partial charge < -0.3 is 0 Å². The lowest BCUT2D eigenvalue weighted by Gasteiger charge is -2.35. The van der Waals surface area contributed by atoms with Crippen LogP contribution in [0.3, 0.4) is 0 Å². The molecule has 0 heteroatoms. The molecule has 0 N–H and O–H groups in total. The van der Waals surface area contributed by atoms with Crippen molar-refractivity contribution in [2.24, 2.45) is 5.41 Å². The smallest absolute Gasteiger partial charge is 0.0191 e. The van der Waals surface area contributed by atoms with Crippen molar-refractivity contribution in [2.45, 2.75) is 26.2 Å². The fourth-order valence-corrected chi connectivity index (χ4v) is 5.77. The summed E-state index contributed by atoms with van der Waals surface area (Å²) in [6.07, 6.45) is 7.88. The summed E-state index contributed by atoms with van der Waals surface area (Å²) in [4.78, 5) is 0. The van der Waals surface area contributed by atoms with Crippen LogP contribution in [-0.4, -0.2) is 0 Å². The van der Waals surface area contributed by atoms with E-state index in [0.717, 1.165) is 6.42 Å². The van der Waals surface area contributed by atoms with Crippen molar-refractivity contribution in [3.8, 4) is 33.4 Å². The molecular weight excluding hydrogens is 396 g/mol. The zero-order chi connectivity index (χ0) is 22.4. The minimum Gasteiger partial charge on any atom is -0.0804 e. The molecule has 160 valence electrons. The normalized spacial score (nSPS) is 14.8. The zero-order valence-corrected chi connectivity index (χ0v) is 19.3. The molecule has 0 nitrogen and oxygen atoms in total. The second-order valence-corrected chi connectivity index (χ2v) is 9.81. The van der Waals surface area contributed by atoms with Gasteiger partial charge in [-0.2, -0.15) is 0 Å². The highest BCUT2D eigenvalue weighted by Crippen LogP contribution is 2.57. The second-order valence-electron chi connectivity index (χ2n) is 9.81. The standard InChI is InChI=1S/C33H28/c1-33(2,27-15-9-10-16-27)32-30-21-25(23-11-5-3-6-12-23)17-19-28(30)29-20-18-26(22-31(29)32)24-13-7-4-8-14-24/h3-15,17-22,32H,16H2,1-2H3. The van der Waals surface area contributed by atoms with Crippen LogP contribution in [-0.2, 0) is 0 Å². The molecule has 2 aliphatic rings. The summed E-state index contributed by atoms with van der Waals surface area (Å²) in [6, 6.07) is 35.7. The highest BCUT2D eigenvalue weighted by molar-refractivity contribution is 5.85. The zero-order valence-electron chi connectivity index (χ0n) is 19.3. The van der Waals surface area contributed by atoms with Gasteiger partial charge in [0.2, 0.25) is 0 Å². The average molecular weight is 425 g/mol. The van der Waals surface area contributed by atoms with Gasteiger partial charge >= 0.3 is 0 Å².